The summed E-state index contributed by atoms with van der Waals surface area (Å²) in [6.45, 7) is 1.69. The number of carbonyl (C=O) groups excluding carboxylic acids is 1. The third-order valence-electron chi connectivity index (χ3n) is 2.38. The standard InChI is InChI=1S/C9H17NO2/c1-8(11)7-10(12)9-5-3-2-4-6-9/h9,12H,2-7H2,1H3. The number of hydrogen-bond donors (Lipinski definition) is 1. The highest BCUT2D eigenvalue weighted by atomic mass is 16.5. The highest BCUT2D eigenvalue weighted by molar-refractivity contribution is 5.77. The van der Waals surface area contributed by atoms with Gasteiger partial charge in [-0.3, -0.25) is 4.79 Å². The van der Waals surface area contributed by atoms with Crippen LogP contribution in [0, 0.1) is 0 Å². The minimum absolute atomic E-state index is 0.0306. The molecule has 1 aliphatic carbocycles. The lowest BCUT2D eigenvalue weighted by atomic mass is 9.95. The van der Waals surface area contributed by atoms with Crippen LogP contribution in [0.3, 0.4) is 0 Å². The topological polar surface area (TPSA) is 40.5 Å². The van der Waals surface area contributed by atoms with Gasteiger partial charge in [0.2, 0.25) is 0 Å². The Labute approximate surface area is 73.3 Å². The van der Waals surface area contributed by atoms with Crippen LogP contribution < -0.4 is 0 Å². The number of carbonyl (C=O) groups is 1. The van der Waals surface area contributed by atoms with Crippen LogP contribution in [-0.4, -0.2) is 28.6 Å². The molecule has 70 valence electrons. The third-order valence-corrected chi connectivity index (χ3v) is 2.38. The predicted octanol–water partition coefficient (Wildman–Crippen LogP) is 1.60. The van der Waals surface area contributed by atoms with E-state index in [-0.39, 0.29) is 18.4 Å². The average Bonchev–Trinajstić information content (AvgIpc) is 2.05. The van der Waals surface area contributed by atoms with Crippen molar-refractivity contribution >= 4 is 5.78 Å². The van der Waals surface area contributed by atoms with E-state index in [4.69, 9.17) is 0 Å². The zero-order chi connectivity index (χ0) is 8.97. The lowest BCUT2D eigenvalue weighted by molar-refractivity contribution is -0.150. The maximum Gasteiger partial charge on any atom is 0.146 e. The molecule has 0 amide bonds. The van der Waals surface area contributed by atoms with E-state index in [1.165, 1.54) is 31.2 Å². The second-order valence-electron chi connectivity index (χ2n) is 3.59. The summed E-state index contributed by atoms with van der Waals surface area (Å²) < 4.78 is 0. The first-order chi connectivity index (χ1) is 5.70. The molecule has 0 aromatic carbocycles. The fraction of sp³-hybridized carbons (Fsp3) is 0.889. The molecule has 0 aliphatic heterocycles. The number of ketones is 1. The molecular weight excluding hydrogens is 154 g/mol. The monoisotopic (exact) mass is 171 g/mol. The van der Waals surface area contributed by atoms with Crippen molar-refractivity contribution in [3.05, 3.63) is 0 Å². The fourth-order valence-corrected chi connectivity index (χ4v) is 1.74. The van der Waals surface area contributed by atoms with Gasteiger partial charge < -0.3 is 5.21 Å². The minimum atomic E-state index is 0.0306. The molecule has 0 radical (unpaired) electrons. The van der Waals surface area contributed by atoms with E-state index in [9.17, 15) is 10.0 Å². The Balaban J connectivity index is 2.29. The molecule has 0 unspecified atom stereocenters. The summed E-state index contributed by atoms with van der Waals surface area (Å²) in [5.41, 5.74) is 0. The number of hydrogen-bond acceptors (Lipinski definition) is 3. The lowest BCUT2D eigenvalue weighted by Crippen LogP contribution is -2.37. The highest BCUT2D eigenvalue weighted by Gasteiger charge is 2.19. The molecule has 0 saturated heterocycles. The Morgan fingerprint density at radius 1 is 1.42 bits per heavy atom. The molecule has 1 aliphatic rings. The molecule has 1 N–H and O–H groups in total. The summed E-state index contributed by atoms with van der Waals surface area (Å²) in [6.07, 6.45) is 5.69. The molecule has 3 nitrogen and oxygen atoms in total. The van der Waals surface area contributed by atoms with E-state index in [2.05, 4.69) is 0 Å². The van der Waals surface area contributed by atoms with Gasteiger partial charge in [0.05, 0.1) is 6.54 Å². The van der Waals surface area contributed by atoms with E-state index >= 15 is 0 Å². The normalized spacial score (nSPS) is 19.9. The summed E-state index contributed by atoms with van der Waals surface area (Å²) in [5.74, 6) is 0.0306. The van der Waals surface area contributed by atoms with Crippen LogP contribution >= 0.6 is 0 Å². The molecule has 0 aromatic rings. The first-order valence-corrected chi connectivity index (χ1v) is 4.65. The molecule has 0 heterocycles. The number of rotatable bonds is 3. The Morgan fingerprint density at radius 2 is 2.00 bits per heavy atom. The third kappa shape index (κ3) is 2.91. The molecule has 3 heteroatoms. The second-order valence-corrected chi connectivity index (χ2v) is 3.59. The second kappa shape index (κ2) is 4.58. The summed E-state index contributed by atoms with van der Waals surface area (Å²) >= 11 is 0. The molecule has 1 saturated carbocycles. The van der Waals surface area contributed by atoms with Gasteiger partial charge in [-0.2, -0.15) is 5.06 Å². The van der Waals surface area contributed by atoms with Crippen LogP contribution in [0.1, 0.15) is 39.0 Å². The Hall–Kier alpha value is -0.410. The molecule has 0 aromatic heterocycles. The van der Waals surface area contributed by atoms with Gasteiger partial charge in [0.25, 0.3) is 0 Å². The van der Waals surface area contributed by atoms with Crippen molar-refractivity contribution < 1.29 is 10.0 Å². The van der Waals surface area contributed by atoms with Crippen molar-refractivity contribution in [2.75, 3.05) is 6.54 Å². The van der Waals surface area contributed by atoms with E-state index in [0.29, 0.717) is 0 Å². The number of nitrogens with zero attached hydrogens (tertiary/aromatic N) is 1. The van der Waals surface area contributed by atoms with Gasteiger partial charge >= 0.3 is 0 Å². The van der Waals surface area contributed by atoms with Crippen LogP contribution in [0.4, 0.5) is 0 Å². The summed E-state index contributed by atoms with van der Waals surface area (Å²) in [6, 6.07) is 0.225. The van der Waals surface area contributed by atoms with Gasteiger partial charge in [0.1, 0.15) is 5.78 Å². The van der Waals surface area contributed by atoms with E-state index < -0.39 is 0 Å². The number of hydroxylamine groups is 2. The van der Waals surface area contributed by atoms with Crippen molar-refractivity contribution in [1.82, 2.24) is 5.06 Å². The molecule has 0 bridgehead atoms. The minimum Gasteiger partial charge on any atom is -0.313 e. The molecule has 0 spiro atoms. The largest absolute Gasteiger partial charge is 0.313 e. The highest BCUT2D eigenvalue weighted by Crippen LogP contribution is 2.20. The quantitative estimate of drug-likeness (QED) is 0.656. The maximum absolute atomic E-state index is 10.7. The summed E-state index contributed by atoms with van der Waals surface area (Å²) in [5, 5.41) is 10.7. The zero-order valence-electron chi connectivity index (χ0n) is 7.62. The first-order valence-electron chi connectivity index (χ1n) is 4.65. The van der Waals surface area contributed by atoms with Crippen molar-refractivity contribution in [3.8, 4) is 0 Å². The average molecular weight is 171 g/mol. The van der Waals surface area contributed by atoms with Crippen molar-refractivity contribution in [1.29, 1.82) is 0 Å². The predicted molar refractivity (Wildman–Crippen MR) is 46.0 cm³/mol. The molecule has 0 atom stereocenters. The SMILES string of the molecule is CC(=O)CN(O)C1CCCCC1. The number of Topliss-reactive ketones (excluding diaryl/α,β-unsaturated/α-hetero) is 1. The Kier molecular flexibility index (Phi) is 3.69. The summed E-state index contributed by atoms with van der Waals surface area (Å²) in [4.78, 5) is 10.7. The zero-order valence-corrected chi connectivity index (χ0v) is 7.62. The van der Waals surface area contributed by atoms with Crippen LogP contribution in [0.15, 0.2) is 0 Å². The lowest BCUT2D eigenvalue weighted by Gasteiger charge is -2.28. The molecular formula is C9H17NO2. The van der Waals surface area contributed by atoms with Crippen LogP contribution in [0.2, 0.25) is 0 Å². The molecule has 1 fully saturated rings. The van der Waals surface area contributed by atoms with Gasteiger partial charge in [0.15, 0.2) is 0 Å². The molecule has 1 rings (SSSR count). The van der Waals surface area contributed by atoms with Crippen molar-refractivity contribution in [3.63, 3.8) is 0 Å². The van der Waals surface area contributed by atoms with Gasteiger partial charge in [-0.25, -0.2) is 0 Å². The maximum atomic E-state index is 10.7. The van der Waals surface area contributed by atoms with Gasteiger partial charge in [-0.05, 0) is 19.8 Å². The van der Waals surface area contributed by atoms with Gasteiger partial charge in [-0.15, -0.1) is 0 Å². The van der Waals surface area contributed by atoms with Gasteiger partial charge in [-0.1, -0.05) is 19.3 Å². The van der Waals surface area contributed by atoms with Crippen LogP contribution in [-0.2, 0) is 4.79 Å². The Morgan fingerprint density at radius 3 is 2.50 bits per heavy atom. The fourth-order valence-electron chi connectivity index (χ4n) is 1.74. The van der Waals surface area contributed by atoms with Crippen LogP contribution in [0.5, 0.6) is 0 Å². The van der Waals surface area contributed by atoms with E-state index in [1.54, 1.807) is 0 Å². The first kappa shape index (κ1) is 9.68. The smallest absolute Gasteiger partial charge is 0.146 e. The van der Waals surface area contributed by atoms with Gasteiger partial charge in [0, 0.05) is 6.04 Å². The van der Waals surface area contributed by atoms with Crippen molar-refractivity contribution in [2.24, 2.45) is 0 Å². The van der Waals surface area contributed by atoms with Crippen LogP contribution in [0.25, 0.3) is 0 Å². The Bertz CT molecular complexity index is 153. The summed E-state index contributed by atoms with van der Waals surface area (Å²) in [7, 11) is 0. The molecule has 12 heavy (non-hydrogen) atoms. The van der Waals surface area contributed by atoms with E-state index in [0.717, 1.165) is 12.8 Å². The van der Waals surface area contributed by atoms with Crippen molar-refractivity contribution in [2.45, 2.75) is 45.1 Å². The van der Waals surface area contributed by atoms with E-state index in [1.807, 2.05) is 0 Å².